The van der Waals surface area contributed by atoms with Crippen molar-refractivity contribution in [2.45, 2.75) is 63.3 Å². The Bertz CT molecular complexity index is 1310. The van der Waals surface area contributed by atoms with Gasteiger partial charge in [-0.25, -0.2) is 5.01 Å². The number of nitrogens with two attached hydrogens (primary N) is 1. The van der Waals surface area contributed by atoms with E-state index in [1.807, 2.05) is 47.5 Å². The van der Waals surface area contributed by atoms with Crippen LogP contribution in [0.5, 0.6) is 0 Å². The molecule has 0 aromatic heterocycles. The average molecular weight is 617 g/mol. The first-order chi connectivity index (χ1) is 20.1. The quantitative estimate of drug-likeness (QED) is 0.371. The standard InChI is InChI=1S/C31H39Cl2N5O4/c1-36(29(41)24-11-5-4-10-23(24)9-3-2-8-22-13-14-25(32)26(33)20-22)37-18-15-31(16-19-37,30(42)35-21-27(34)39)38-17-7-6-12-28(38)40/h4-5,10-11,13-14,20H,2-3,6-9,12,15-19,21H2,1H3,(H2,34,39)(H,35,42). The SMILES string of the molecule is CN(C(=O)c1ccccc1CCCCc1ccc(Cl)c(Cl)c1)N1CCC(C(=O)NCC(N)=O)(N2CCCCC2=O)CC1. The van der Waals surface area contributed by atoms with Crippen LogP contribution < -0.4 is 11.1 Å². The Morgan fingerprint density at radius 1 is 0.976 bits per heavy atom. The van der Waals surface area contributed by atoms with Crippen molar-refractivity contribution in [1.29, 1.82) is 0 Å². The molecule has 2 aliphatic rings. The minimum atomic E-state index is -1.07. The summed E-state index contributed by atoms with van der Waals surface area (Å²) in [5.74, 6) is -1.17. The van der Waals surface area contributed by atoms with E-state index >= 15 is 0 Å². The fraction of sp³-hybridized carbons (Fsp3) is 0.484. The molecule has 0 unspecified atom stereocenters. The third-order valence-corrected chi connectivity index (χ3v) is 9.10. The fourth-order valence-electron chi connectivity index (χ4n) is 5.96. The van der Waals surface area contributed by atoms with E-state index in [2.05, 4.69) is 5.32 Å². The van der Waals surface area contributed by atoms with E-state index in [0.717, 1.165) is 49.7 Å². The fourth-order valence-corrected chi connectivity index (χ4v) is 6.28. The van der Waals surface area contributed by atoms with Crippen LogP contribution in [0, 0.1) is 0 Å². The Kier molecular flexibility index (Phi) is 10.9. The number of aryl methyl sites for hydroxylation is 2. The summed E-state index contributed by atoms with van der Waals surface area (Å²) in [5, 5.41) is 7.28. The second kappa shape index (κ2) is 14.4. The van der Waals surface area contributed by atoms with Crippen LogP contribution in [0.2, 0.25) is 10.0 Å². The molecular weight excluding hydrogens is 577 g/mol. The van der Waals surface area contributed by atoms with Gasteiger partial charge in [0.2, 0.25) is 17.7 Å². The molecule has 0 saturated carbocycles. The minimum Gasteiger partial charge on any atom is -0.368 e. The van der Waals surface area contributed by atoms with Gasteiger partial charge in [-0.1, -0.05) is 47.5 Å². The Morgan fingerprint density at radius 3 is 2.38 bits per heavy atom. The van der Waals surface area contributed by atoms with Gasteiger partial charge in [-0.05, 0) is 80.7 Å². The largest absolute Gasteiger partial charge is 0.368 e. The molecule has 4 amide bonds. The number of likely N-dealkylation sites (tertiary alicyclic amines) is 1. The maximum atomic E-state index is 13.7. The third kappa shape index (κ3) is 7.43. The highest BCUT2D eigenvalue weighted by Crippen LogP contribution is 2.33. The number of halogens is 2. The number of carbonyl (C=O) groups is 4. The van der Waals surface area contributed by atoms with Crippen molar-refractivity contribution >= 4 is 46.8 Å². The average Bonchev–Trinajstić information content (AvgIpc) is 2.99. The van der Waals surface area contributed by atoms with Crippen LogP contribution >= 0.6 is 23.2 Å². The number of rotatable bonds is 11. The predicted molar refractivity (Wildman–Crippen MR) is 163 cm³/mol. The van der Waals surface area contributed by atoms with Crippen molar-refractivity contribution in [2.75, 3.05) is 33.2 Å². The molecule has 11 heteroatoms. The highest BCUT2D eigenvalue weighted by atomic mass is 35.5. The van der Waals surface area contributed by atoms with E-state index < -0.39 is 11.4 Å². The van der Waals surface area contributed by atoms with Crippen molar-refractivity contribution in [3.05, 3.63) is 69.2 Å². The van der Waals surface area contributed by atoms with E-state index in [1.165, 1.54) is 0 Å². The van der Waals surface area contributed by atoms with Crippen molar-refractivity contribution in [2.24, 2.45) is 5.73 Å². The number of amides is 4. The Hall–Kier alpha value is -3.14. The number of piperidine rings is 2. The number of primary amides is 1. The molecule has 42 heavy (non-hydrogen) atoms. The highest BCUT2D eigenvalue weighted by Gasteiger charge is 2.49. The maximum absolute atomic E-state index is 13.7. The van der Waals surface area contributed by atoms with Gasteiger partial charge in [0.05, 0.1) is 16.6 Å². The van der Waals surface area contributed by atoms with Gasteiger partial charge in [-0.15, -0.1) is 0 Å². The van der Waals surface area contributed by atoms with Crippen molar-refractivity contribution < 1.29 is 19.2 Å². The van der Waals surface area contributed by atoms with Crippen LogP contribution in [0.15, 0.2) is 42.5 Å². The highest BCUT2D eigenvalue weighted by molar-refractivity contribution is 6.42. The first-order valence-electron chi connectivity index (χ1n) is 14.5. The zero-order valence-corrected chi connectivity index (χ0v) is 25.6. The van der Waals surface area contributed by atoms with Gasteiger partial charge >= 0.3 is 0 Å². The Labute approximate surface area is 257 Å². The summed E-state index contributed by atoms with van der Waals surface area (Å²) >= 11 is 12.2. The Morgan fingerprint density at radius 2 is 1.69 bits per heavy atom. The lowest BCUT2D eigenvalue weighted by Gasteiger charge is -2.49. The van der Waals surface area contributed by atoms with Gasteiger partial charge in [0, 0.05) is 38.7 Å². The molecule has 2 heterocycles. The number of nitrogens with one attached hydrogen (secondary N) is 1. The van der Waals surface area contributed by atoms with Crippen LogP contribution in [0.4, 0.5) is 0 Å². The lowest BCUT2D eigenvalue weighted by Crippen LogP contribution is -2.67. The molecule has 2 aromatic rings. The number of hydrogen-bond acceptors (Lipinski definition) is 5. The molecular formula is C31H39Cl2N5O4. The molecule has 2 saturated heterocycles. The molecule has 0 spiro atoms. The number of hydrogen-bond donors (Lipinski definition) is 2. The van der Waals surface area contributed by atoms with Crippen molar-refractivity contribution in [1.82, 2.24) is 20.2 Å². The van der Waals surface area contributed by atoms with Crippen LogP contribution in [0.3, 0.4) is 0 Å². The molecule has 0 aliphatic carbocycles. The van der Waals surface area contributed by atoms with Crippen molar-refractivity contribution in [3.63, 3.8) is 0 Å². The zero-order valence-electron chi connectivity index (χ0n) is 24.0. The maximum Gasteiger partial charge on any atom is 0.268 e. The number of hydrazine groups is 1. The van der Waals surface area contributed by atoms with Crippen molar-refractivity contribution in [3.8, 4) is 0 Å². The summed E-state index contributed by atoms with van der Waals surface area (Å²) in [6, 6.07) is 13.3. The molecule has 2 fully saturated rings. The molecule has 3 N–H and O–H groups in total. The number of unbranched alkanes of at least 4 members (excludes halogenated alkanes) is 1. The lowest BCUT2D eigenvalue weighted by molar-refractivity contribution is -0.156. The zero-order chi connectivity index (χ0) is 30.3. The first-order valence-corrected chi connectivity index (χ1v) is 15.3. The molecule has 0 bridgehead atoms. The second-order valence-electron chi connectivity index (χ2n) is 11.1. The van der Waals surface area contributed by atoms with Crippen LogP contribution in [-0.4, -0.2) is 77.3 Å². The van der Waals surface area contributed by atoms with Crippen LogP contribution in [0.1, 0.15) is 66.4 Å². The van der Waals surface area contributed by atoms with Gasteiger partial charge in [0.1, 0.15) is 5.54 Å². The second-order valence-corrected chi connectivity index (χ2v) is 11.9. The summed E-state index contributed by atoms with van der Waals surface area (Å²) in [6.07, 6.45) is 6.19. The molecule has 2 aliphatic heterocycles. The molecule has 226 valence electrons. The molecule has 9 nitrogen and oxygen atoms in total. The lowest BCUT2D eigenvalue weighted by atomic mass is 9.83. The topological polar surface area (TPSA) is 116 Å². The molecule has 0 atom stereocenters. The van der Waals surface area contributed by atoms with E-state index in [-0.39, 0.29) is 24.3 Å². The van der Waals surface area contributed by atoms with Crippen LogP contribution in [0.25, 0.3) is 0 Å². The van der Waals surface area contributed by atoms with E-state index in [9.17, 15) is 19.2 Å². The molecule has 0 radical (unpaired) electrons. The number of benzene rings is 2. The van der Waals surface area contributed by atoms with E-state index in [4.69, 9.17) is 28.9 Å². The monoisotopic (exact) mass is 615 g/mol. The summed E-state index contributed by atoms with van der Waals surface area (Å²) < 4.78 is 0. The first kappa shape index (κ1) is 31.8. The summed E-state index contributed by atoms with van der Waals surface area (Å²) in [6.45, 7) is 1.02. The smallest absolute Gasteiger partial charge is 0.268 e. The van der Waals surface area contributed by atoms with Gasteiger partial charge in [-0.2, -0.15) is 0 Å². The third-order valence-electron chi connectivity index (χ3n) is 8.36. The summed E-state index contributed by atoms with van der Waals surface area (Å²) in [5.41, 5.74) is 6.96. The summed E-state index contributed by atoms with van der Waals surface area (Å²) in [4.78, 5) is 52.9. The van der Waals surface area contributed by atoms with Gasteiger partial charge < -0.3 is 16.0 Å². The van der Waals surface area contributed by atoms with Gasteiger partial charge in [0.15, 0.2) is 0 Å². The number of nitrogens with zero attached hydrogens (tertiary/aromatic N) is 3. The normalized spacial score (nSPS) is 17.1. The molecule has 2 aromatic carbocycles. The van der Waals surface area contributed by atoms with Gasteiger partial charge in [-0.3, -0.25) is 24.2 Å². The van der Waals surface area contributed by atoms with E-state index in [0.29, 0.717) is 54.5 Å². The Balaban J connectivity index is 1.39. The minimum absolute atomic E-state index is 0.0542. The van der Waals surface area contributed by atoms with Crippen LogP contribution in [-0.2, 0) is 27.2 Å². The predicted octanol–water partition coefficient (Wildman–Crippen LogP) is 3.99. The van der Waals surface area contributed by atoms with E-state index in [1.54, 1.807) is 17.0 Å². The molecule has 4 rings (SSSR count). The van der Waals surface area contributed by atoms with Gasteiger partial charge in [0.25, 0.3) is 5.91 Å². The number of carbonyl (C=O) groups excluding carboxylic acids is 4. The summed E-state index contributed by atoms with van der Waals surface area (Å²) in [7, 11) is 1.75.